The first-order valence-electron chi connectivity index (χ1n) is 13.7. The Balaban J connectivity index is 1.27. The number of nitrogens with zero attached hydrogens (tertiary/aromatic N) is 5. The van der Waals surface area contributed by atoms with Crippen LogP contribution in [0, 0.1) is 6.92 Å². The van der Waals surface area contributed by atoms with E-state index in [9.17, 15) is 14.4 Å². The van der Waals surface area contributed by atoms with Crippen LogP contribution in [0.3, 0.4) is 0 Å². The van der Waals surface area contributed by atoms with Gasteiger partial charge >= 0.3 is 0 Å². The molecule has 2 N–H and O–H groups in total. The second kappa shape index (κ2) is 11.7. The largest absolute Gasteiger partial charge is 0.364 e. The van der Waals surface area contributed by atoms with Crippen LogP contribution < -0.4 is 16.2 Å². The van der Waals surface area contributed by atoms with E-state index < -0.39 is 17.9 Å². The molecule has 0 radical (unpaired) electrons. The van der Waals surface area contributed by atoms with Crippen LogP contribution in [0.15, 0.2) is 82.7 Å². The molecule has 3 aromatic heterocycles. The summed E-state index contributed by atoms with van der Waals surface area (Å²) in [6, 6.07) is 15.3. The van der Waals surface area contributed by atoms with E-state index in [4.69, 9.17) is 16.1 Å². The summed E-state index contributed by atoms with van der Waals surface area (Å²) in [7, 11) is 1.85. The number of pyridine rings is 1. The lowest BCUT2D eigenvalue weighted by atomic mass is 9.99. The highest BCUT2D eigenvalue weighted by atomic mass is 35.5. The molecule has 0 unspecified atom stereocenters. The van der Waals surface area contributed by atoms with E-state index in [0.717, 1.165) is 29.5 Å². The number of nitrogens with one attached hydrogen (secondary N) is 2. The van der Waals surface area contributed by atoms with Crippen molar-refractivity contribution in [2.75, 3.05) is 5.32 Å². The molecule has 11 nitrogen and oxygen atoms in total. The third-order valence-electron chi connectivity index (χ3n) is 7.42. The van der Waals surface area contributed by atoms with Crippen LogP contribution in [0.25, 0.3) is 22.5 Å². The summed E-state index contributed by atoms with van der Waals surface area (Å²) in [5.74, 6) is -0.243. The summed E-state index contributed by atoms with van der Waals surface area (Å²) < 4.78 is 8.48. The van der Waals surface area contributed by atoms with Crippen molar-refractivity contribution in [1.82, 2.24) is 29.8 Å². The molecule has 1 aliphatic carbocycles. The van der Waals surface area contributed by atoms with Crippen molar-refractivity contribution >= 4 is 29.1 Å². The minimum atomic E-state index is -0.992. The van der Waals surface area contributed by atoms with Crippen molar-refractivity contribution in [1.29, 1.82) is 0 Å². The van der Waals surface area contributed by atoms with Crippen LogP contribution in [0.4, 0.5) is 5.69 Å². The Hall–Kier alpha value is -5.03. The van der Waals surface area contributed by atoms with Crippen LogP contribution in [0.2, 0.25) is 5.02 Å². The molecule has 6 rings (SSSR count). The summed E-state index contributed by atoms with van der Waals surface area (Å²) >= 11 is 6.61. The number of aryl methyl sites for hydroxylation is 2. The second-order valence-corrected chi connectivity index (χ2v) is 11.0. The summed E-state index contributed by atoms with van der Waals surface area (Å²) in [4.78, 5) is 39.1. The van der Waals surface area contributed by atoms with Gasteiger partial charge in [-0.2, -0.15) is 0 Å². The van der Waals surface area contributed by atoms with Gasteiger partial charge in [0.1, 0.15) is 24.2 Å². The molecule has 0 aliphatic heterocycles. The molecule has 1 saturated carbocycles. The van der Waals surface area contributed by atoms with Gasteiger partial charge in [-0.05, 0) is 78.9 Å². The van der Waals surface area contributed by atoms with E-state index >= 15 is 0 Å². The van der Waals surface area contributed by atoms with Crippen molar-refractivity contribution in [2.24, 2.45) is 7.05 Å². The Morgan fingerprint density at radius 1 is 1.07 bits per heavy atom. The van der Waals surface area contributed by atoms with Crippen molar-refractivity contribution in [3.8, 4) is 22.5 Å². The first-order chi connectivity index (χ1) is 20.8. The lowest BCUT2D eigenvalue weighted by Crippen LogP contribution is -2.45. The van der Waals surface area contributed by atoms with Crippen LogP contribution in [-0.2, 0) is 18.3 Å². The van der Waals surface area contributed by atoms with E-state index in [2.05, 4.69) is 26.0 Å². The normalized spacial score (nSPS) is 13.5. The predicted octanol–water partition coefficient (Wildman–Crippen LogP) is 4.58. The molecule has 218 valence electrons. The topological polar surface area (TPSA) is 137 Å². The van der Waals surface area contributed by atoms with E-state index in [1.807, 2.05) is 37.5 Å². The van der Waals surface area contributed by atoms with Crippen molar-refractivity contribution in [3.05, 3.63) is 106 Å². The van der Waals surface area contributed by atoms with Crippen molar-refractivity contribution < 1.29 is 14.1 Å². The fraction of sp³-hybridized carbons (Fsp3) is 0.226. The molecule has 1 fully saturated rings. The second-order valence-electron chi connectivity index (χ2n) is 10.6. The van der Waals surface area contributed by atoms with Gasteiger partial charge in [0.2, 0.25) is 5.91 Å². The zero-order valence-electron chi connectivity index (χ0n) is 23.5. The molecule has 5 aromatic rings. The highest BCUT2D eigenvalue weighted by molar-refractivity contribution is 6.31. The van der Waals surface area contributed by atoms with Gasteiger partial charge in [0.05, 0.1) is 5.69 Å². The Morgan fingerprint density at radius 3 is 2.49 bits per heavy atom. The molecule has 1 aliphatic rings. The maximum atomic E-state index is 13.6. The fourth-order valence-corrected chi connectivity index (χ4v) is 5.07. The molecule has 0 spiro atoms. The van der Waals surface area contributed by atoms with Crippen LogP contribution >= 0.6 is 11.6 Å². The van der Waals surface area contributed by atoms with Gasteiger partial charge in [-0.15, -0.1) is 10.2 Å². The van der Waals surface area contributed by atoms with Gasteiger partial charge < -0.3 is 24.3 Å². The number of carbonyl (C=O) groups is 2. The monoisotopic (exact) mass is 597 g/mol. The Morgan fingerprint density at radius 2 is 1.81 bits per heavy atom. The molecular weight excluding hydrogens is 570 g/mol. The number of carbonyl (C=O) groups excluding carboxylic acids is 2. The van der Waals surface area contributed by atoms with Gasteiger partial charge in [0, 0.05) is 48.0 Å². The first kappa shape index (κ1) is 28.1. The van der Waals surface area contributed by atoms with E-state index in [1.54, 1.807) is 52.7 Å². The van der Waals surface area contributed by atoms with Crippen LogP contribution in [0.1, 0.15) is 40.5 Å². The fourth-order valence-electron chi connectivity index (χ4n) is 4.88. The van der Waals surface area contributed by atoms with E-state index in [-0.39, 0.29) is 23.6 Å². The maximum Gasteiger partial charge on any atom is 0.257 e. The number of aromatic nitrogens is 5. The maximum absolute atomic E-state index is 13.6. The summed E-state index contributed by atoms with van der Waals surface area (Å²) in [5, 5.41) is 17.9. The van der Waals surface area contributed by atoms with Crippen molar-refractivity contribution in [2.45, 2.75) is 38.3 Å². The zero-order chi connectivity index (χ0) is 30.1. The molecule has 43 heavy (non-hydrogen) atoms. The summed E-state index contributed by atoms with van der Waals surface area (Å²) in [6.07, 6.45) is 6.79. The molecule has 2 amide bonds. The number of halogens is 1. The number of rotatable bonds is 9. The SMILES string of the molecule is Cc1nocc1C(=O)N[C@@H](Cc1cc(-c2ccc(=O)n(C3CC3)c2)ccc1Cl)C(=O)Nc1ccc(-c2nncn2C)cc1. The Bertz CT molecular complexity index is 1870. The molecule has 3 heterocycles. The lowest BCUT2D eigenvalue weighted by molar-refractivity contribution is -0.118. The van der Waals surface area contributed by atoms with Gasteiger partial charge in [-0.25, -0.2) is 0 Å². The van der Waals surface area contributed by atoms with Crippen molar-refractivity contribution in [3.63, 3.8) is 0 Å². The highest BCUT2D eigenvalue weighted by Gasteiger charge is 2.26. The minimum absolute atomic E-state index is 0.0338. The number of amides is 2. The van der Waals surface area contributed by atoms with Gasteiger partial charge in [0.15, 0.2) is 5.82 Å². The number of benzene rings is 2. The predicted molar refractivity (Wildman–Crippen MR) is 161 cm³/mol. The molecule has 0 bridgehead atoms. The summed E-state index contributed by atoms with van der Waals surface area (Å²) in [6.45, 7) is 1.65. The average Bonchev–Trinajstić information content (AvgIpc) is 3.61. The standard InChI is InChI=1S/C31H28ClN7O4/c1-18-25(16-43-37-18)30(41)35-27(31(42)34-23-7-3-19(4-8-23)29-36-33-17-38(29)2)14-22-13-20(5-11-26(22)32)21-6-12-28(40)39(15-21)24-9-10-24/h3-8,11-13,15-17,24,27H,9-10,14H2,1-2H3,(H,34,42)(H,35,41)/t27-/m0/s1. The minimum Gasteiger partial charge on any atom is -0.364 e. The van der Waals surface area contributed by atoms with Gasteiger partial charge in [-0.1, -0.05) is 22.8 Å². The smallest absolute Gasteiger partial charge is 0.257 e. The number of hydrogen-bond donors (Lipinski definition) is 2. The molecular formula is C31H28ClN7O4. The zero-order valence-corrected chi connectivity index (χ0v) is 24.2. The third kappa shape index (κ3) is 6.12. The van der Waals surface area contributed by atoms with E-state index in [1.165, 1.54) is 6.26 Å². The third-order valence-corrected chi connectivity index (χ3v) is 7.79. The van der Waals surface area contributed by atoms with E-state index in [0.29, 0.717) is 27.8 Å². The van der Waals surface area contributed by atoms with Crippen LogP contribution in [0.5, 0.6) is 0 Å². The average molecular weight is 598 g/mol. The highest BCUT2D eigenvalue weighted by Crippen LogP contribution is 2.34. The molecule has 12 heteroatoms. The number of hydrogen-bond acceptors (Lipinski definition) is 7. The molecule has 1 atom stereocenters. The Kier molecular flexibility index (Phi) is 7.64. The first-order valence-corrected chi connectivity index (χ1v) is 14.1. The number of anilines is 1. The van der Waals surface area contributed by atoms with Gasteiger partial charge in [-0.3, -0.25) is 14.4 Å². The summed E-state index contributed by atoms with van der Waals surface area (Å²) in [5.41, 5.74) is 4.33. The Labute approximate surface area is 251 Å². The van der Waals surface area contributed by atoms with Crippen LogP contribution in [-0.4, -0.2) is 42.3 Å². The van der Waals surface area contributed by atoms with Gasteiger partial charge in [0.25, 0.3) is 11.5 Å². The molecule has 0 saturated heterocycles. The quantitative estimate of drug-likeness (QED) is 0.254. The molecule has 2 aromatic carbocycles. The lowest BCUT2D eigenvalue weighted by Gasteiger charge is -2.20.